The SMILES string of the molecule is C=C(C)CNCC(=O)NCCOC1O[C@@H](C)CCC1O.CC.CC. The number of rotatable bonds is 8. The molecule has 0 aromatic heterocycles. The number of aliphatic hydroxyl groups is 1. The predicted molar refractivity (Wildman–Crippen MR) is 98.9 cm³/mol. The van der Waals surface area contributed by atoms with Gasteiger partial charge in [-0.3, -0.25) is 4.79 Å². The Morgan fingerprint density at radius 3 is 2.46 bits per heavy atom. The molecule has 2 unspecified atom stereocenters. The largest absolute Gasteiger partial charge is 0.388 e. The van der Waals surface area contributed by atoms with Gasteiger partial charge in [0, 0.05) is 13.1 Å². The summed E-state index contributed by atoms with van der Waals surface area (Å²) in [6.45, 7) is 17.2. The van der Waals surface area contributed by atoms with Gasteiger partial charge >= 0.3 is 0 Å². The summed E-state index contributed by atoms with van der Waals surface area (Å²) in [5, 5.41) is 15.4. The van der Waals surface area contributed by atoms with E-state index in [2.05, 4.69) is 17.2 Å². The molecule has 1 saturated heterocycles. The first-order valence-corrected chi connectivity index (χ1v) is 9.06. The smallest absolute Gasteiger partial charge is 0.234 e. The van der Waals surface area contributed by atoms with Crippen molar-refractivity contribution in [1.82, 2.24) is 10.6 Å². The molecule has 1 heterocycles. The van der Waals surface area contributed by atoms with E-state index in [9.17, 15) is 9.90 Å². The molecular weight excluding hydrogens is 308 g/mol. The summed E-state index contributed by atoms with van der Waals surface area (Å²) in [5.74, 6) is -0.0895. The van der Waals surface area contributed by atoms with Gasteiger partial charge in [0.25, 0.3) is 0 Å². The fourth-order valence-corrected chi connectivity index (χ4v) is 1.90. The molecule has 1 rings (SSSR count). The second-order valence-corrected chi connectivity index (χ2v) is 5.24. The summed E-state index contributed by atoms with van der Waals surface area (Å²) in [6.07, 6.45) is 0.454. The van der Waals surface area contributed by atoms with E-state index in [1.54, 1.807) is 0 Å². The highest BCUT2D eigenvalue weighted by molar-refractivity contribution is 5.77. The minimum absolute atomic E-state index is 0.0895. The highest BCUT2D eigenvalue weighted by Gasteiger charge is 2.28. The molecule has 1 fully saturated rings. The summed E-state index contributed by atoms with van der Waals surface area (Å²) in [7, 11) is 0. The van der Waals surface area contributed by atoms with Crippen LogP contribution in [0.5, 0.6) is 0 Å². The molecule has 1 amide bonds. The van der Waals surface area contributed by atoms with Crippen LogP contribution in [0, 0.1) is 0 Å². The Morgan fingerprint density at radius 2 is 1.88 bits per heavy atom. The van der Waals surface area contributed by atoms with Crippen molar-refractivity contribution >= 4 is 5.91 Å². The zero-order chi connectivity index (χ0) is 19.0. The highest BCUT2D eigenvalue weighted by Crippen LogP contribution is 2.19. The Bertz CT molecular complexity index is 324. The molecule has 6 heteroatoms. The summed E-state index contributed by atoms with van der Waals surface area (Å²) < 4.78 is 10.9. The van der Waals surface area contributed by atoms with Crippen LogP contribution in [-0.4, -0.2) is 55.8 Å². The van der Waals surface area contributed by atoms with Crippen molar-refractivity contribution in [1.29, 1.82) is 0 Å². The second kappa shape index (κ2) is 16.9. The number of ether oxygens (including phenoxy) is 2. The van der Waals surface area contributed by atoms with Crippen LogP contribution in [0.1, 0.15) is 54.4 Å². The molecule has 0 bridgehead atoms. The predicted octanol–water partition coefficient (Wildman–Crippen LogP) is 2.22. The minimum atomic E-state index is -0.586. The zero-order valence-corrected chi connectivity index (χ0v) is 16.4. The van der Waals surface area contributed by atoms with Crippen molar-refractivity contribution in [2.75, 3.05) is 26.2 Å². The topological polar surface area (TPSA) is 79.8 Å². The summed E-state index contributed by atoms with van der Waals surface area (Å²) in [4.78, 5) is 11.5. The highest BCUT2D eigenvalue weighted by atomic mass is 16.7. The van der Waals surface area contributed by atoms with E-state index < -0.39 is 12.4 Å². The molecule has 6 nitrogen and oxygen atoms in total. The van der Waals surface area contributed by atoms with Gasteiger partial charge in [-0.05, 0) is 26.7 Å². The number of carbonyl (C=O) groups is 1. The van der Waals surface area contributed by atoms with Crippen LogP contribution in [0.15, 0.2) is 12.2 Å². The van der Waals surface area contributed by atoms with Crippen molar-refractivity contribution in [3.63, 3.8) is 0 Å². The maximum absolute atomic E-state index is 11.5. The molecule has 0 aromatic carbocycles. The standard InChI is InChI=1S/C14H26N2O4.2C2H6/c1-10(2)8-15-9-13(18)16-6-7-19-14-12(17)5-4-11(3)20-14;2*1-2/h11-12,14-15,17H,1,4-9H2,2-3H3,(H,16,18);2*1-2H3/t11-,12?,14?;;/m0../s1. The molecule has 24 heavy (non-hydrogen) atoms. The van der Waals surface area contributed by atoms with Crippen LogP contribution in [0.4, 0.5) is 0 Å². The Balaban J connectivity index is 0. The van der Waals surface area contributed by atoms with Crippen LogP contribution in [0.2, 0.25) is 0 Å². The average molecular weight is 347 g/mol. The van der Waals surface area contributed by atoms with Gasteiger partial charge in [0.15, 0.2) is 6.29 Å². The number of hydrogen-bond donors (Lipinski definition) is 3. The molecule has 0 saturated carbocycles. The quantitative estimate of drug-likeness (QED) is 0.464. The van der Waals surface area contributed by atoms with Crippen LogP contribution in [0.25, 0.3) is 0 Å². The van der Waals surface area contributed by atoms with Crippen LogP contribution in [-0.2, 0) is 14.3 Å². The Hall–Kier alpha value is -0.950. The molecule has 144 valence electrons. The van der Waals surface area contributed by atoms with Crippen molar-refractivity contribution in [2.24, 2.45) is 0 Å². The van der Waals surface area contributed by atoms with Gasteiger partial charge in [-0.15, -0.1) is 0 Å². The van der Waals surface area contributed by atoms with E-state index in [4.69, 9.17) is 9.47 Å². The Morgan fingerprint density at radius 1 is 1.25 bits per heavy atom. The lowest BCUT2D eigenvalue weighted by Crippen LogP contribution is -2.41. The lowest BCUT2D eigenvalue weighted by Gasteiger charge is -2.31. The fraction of sp³-hybridized carbons (Fsp3) is 0.833. The number of nitrogens with one attached hydrogen (secondary N) is 2. The first-order chi connectivity index (χ1) is 11.5. The number of aliphatic hydroxyl groups excluding tert-OH is 1. The maximum Gasteiger partial charge on any atom is 0.234 e. The third-order valence-corrected chi connectivity index (χ3v) is 2.97. The van der Waals surface area contributed by atoms with Gasteiger partial charge in [-0.2, -0.15) is 0 Å². The summed E-state index contributed by atoms with van der Waals surface area (Å²) in [5.41, 5.74) is 0.985. The Labute approximate surface area is 148 Å². The number of hydrogen-bond acceptors (Lipinski definition) is 5. The normalized spacial score (nSPS) is 22.4. The van der Waals surface area contributed by atoms with Crippen molar-refractivity contribution in [3.8, 4) is 0 Å². The molecule has 3 atom stereocenters. The molecule has 1 aliphatic heterocycles. The van der Waals surface area contributed by atoms with E-state index in [1.165, 1.54) is 0 Å². The molecule has 0 radical (unpaired) electrons. The molecule has 3 N–H and O–H groups in total. The van der Waals surface area contributed by atoms with Gasteiger partial charge in [0.05, 0.1) is 19.3 Å². The van der Waals surface area contributed by atoms with E-state index in [1.807, 2.05) is 41.5 Å². The lowest BCUT2D eigenvalue weighted by atomic mass is 10.1. The first kappa shape index (κ1) is 25.3. The van der Waals surface area contributed by atoms with Gasteiger partial charge in [-0.1, -0.05) is 39.8 Å². The Kier molecular flexibility index (Phi) is 17.8. The molecular formula is C18H38N2O4. The molecule has 0 aromatic rings. The van der Waals surface area contributed by atoms with E-state index >= 15 is 0 Å². The van der Waals surface area contributed by atoms with Gasteiger partial charge in [0.1, 0.15) is 6.10 Å². The number of amides is 1. The van der Waals surface area contributed by atoms with E-state index in [0.717, 1.165) is 12.0 Å². The van der Waals surface area contributed by atoms with E-state index in [0.29, 0.717) is 26.1 Å². The number of carbonyl (C=O) groups excluding carboxylic acids is 1. The zero-order valence-electron chi connectivity index (χ0n) is 16.4. The third-order valence-electron chi connectivity index (χ3n) is 2.97. The second-order valence-electron chi connectivity index (χ2n) is 5.24. The molecule has 1 aliphatic rings. The maximum atomic E-state index is 11.5. The average Bonchev–Trinajstić information content (AvgIpc) is 2.58. The van der Waals surface area contributed by atoms with Crippen molar-refractivity contribution in [3.05, 3.63) is 12.2 Å². The van der Waals surface area contributed by atoms with Crippen LogP contribution < -0.4 is 10.6 Å². The molecule has 0 spiro atoms. The fourth-order valence-electron chi connectivity index (χ4n) is 1.90. The van der Waals surface area contributed by atoms with Crippen molar-refractivity contribution < 1.29 is 19.4 Å². The van der Waals surface area contributed by atoms with Crippen molar-refractivity contribution in [2.45, 2.75) is 72.9 Å². The first-order valence-electron chi connectivity index (χ1n) is 9.06. The van der Waals surface area contributed by atoms with Gasteiger partial charge in [0.2, 0.25) is 5.91 Å². The van der Waals surface area contributed by atoms with E-state index in [-0.39, 0.29) is 18.6 Å². The minimum Gasteiger partial charge on any atom is -0.388 e. The molecule has 0 aliphatic carbocycles. The van der Waals surface area contributed by atoms with Crippen LogP contribution in [0.3, 0.4) is 0 Å². The monoisotopic (exact) mass is 346 g/mol. The van der Waals surface area contributed by atoms with Gasteiger partial charge in [-0.25, -0.2) is 0 Å². The third kappa shape index (κ3) is 13.5. The summed E-state index contributed by atoms with van der Waals surface area (Å²) in [6, 6.07) is 0. The summed E-state index contributed by atoms with van der Waals surface area (Å²) >= 11 is 0. The van der Waals surface area contributed by atoms with Crippen LogP contribution >= 0.6 is 0 Å². The lowest BCUT2D eigenvalue weighted by molar-refractivity contribution is -0.235. The van der Waals surface area contributed by atoms with Gasteiger partial charge < -0.3 is 25.2 Å².